The Bertz CT molecular complexity index is 1250. The lowest BCUT2D eigenvalue weighted by molar-refractivity contribution is -0.132. The monoisotopic (exact) mass is 476 g/mol. The Balaban J connectivity index is 1.95. The first-order chi connectivity index (χ1) is 14.8. The third-order valence-corrected chi connectivity index (χ3v) is 5.82. The summed E-state index contributed by atoms with van der Waals surface area (Å²) in [6, 6.07) is 11.9. The van der Waals surface area contributed by atoms with Gasteiger partial charge in [0.2, 0.25) is 0 Å². The highest BCUT2D eigenvalue weighted by molar-refractivity contribution is 6.52. The zero-order valence-electron chi connectivity index (χ0n) is 15.5. The molecule has 1 N–H and O–H groups in total. The van der Waals surface area contributed by atoms with E-state index in [1.807, 2.05) is 0 Å². The Morgan fingerprint density at radius 1 is 0.968 bits per heavy atom. The molecule has 0 bridgehead atoms. The number of anilines is 1. The zero-order chi connectivity index (χ0) is 22.3. The Hall–Kier alpha value is -2.93. The predicted molar refractivity (Wildman–Crippen MR) is 117 cm³/mol. The molecule has 1 aromatic heterocycles. The van der Waals surface area contributed by atoms with E-state index in [1.165, 1.54) is 36.5 Å². The third-order valence-electron chi connectivity index (χ3n) is 4.79. The van der Waals surface area contributed by atoms with Crippen molar-refractivity contribution in [2.24, 2.45) is 0 Å². The Labute approximate surface area is 191 Å². The quantitative estimate of drug-likeness (QED) is 0.294. The van der Waals surface area contributed by atoms with Crippen LogP contribution in [0.1, 0.15) is 17.3 Å². The van der Waals surface area contributed by atoms with Crippen LogP contribution in [0.5, 0.6) is 0 Å². The van der Waals surface area contributed by atoms with Crippen molar-refractivity contribution < 1.29 is 19.1 Å². The first kappa shape index (κ1) is 21.3. The highest BCUT2D eigenvalue weighted by Crippen LogP contribution is 2.42. The van der Waals surface area contributed by atoms with Gasteiger partial charge in [0.25, 0.3) is 11.7 Å². The molecule has 1 amide bonds. The van der Waals surface area contributed by atoms with E-state index in [0.29, 0.717) is 5.69 Å². The number of hydrogen-bond acceptors (Lipinski definition) is 4. The van der Waals surface area contributed by atoms with Crippen LogP contribution < -0.4 is 4.90 Å². The maximum Gasteiger partial charge on any atom is 0.300 e. The molecule has 3 aromatic rings. The lowest BCUT2D eigenvalue weighted by Gasteiger charge is -2.24. The average Bonchev–Trinajstić information content (AvgIpc) is 3.03. The Morgan fingerprint density at radius 3 is 2.39 bits per heavy atom. The number of halogens is 4. The first-order valence-electron chi connectivity index (χ1n) is 8.92. The molecular weight excluding hydrogens is 466 g/mol. The second-order valence-electron chi connectivity index (χ2n) is 6.65. The fourth-order valence-corrected chi connectivity index (χ4v) is 3.82. The van der Waals surface area contributed by atoms with E-state index in [0.717, 1.165) is 11.0 Å². The van der Waals surface area contributed by atoms with Crippen molar-refractivity contribution in [1.29, 1.82) is 0 Å². The SMILES string of the molecule is O=C1C(=O)N(c2ccc(F)c(Cl)c2)C(c2ccccn2)/C1=C(\O)c1ccc(Cl)c(Cl)c1. The van der Waals surface area contributed by atoms with Gasteiger partial charge in [-0.15, -0.1) is 0 Å². The minimum Gasteiger partial charge on any atom is -0.507 e. The van der Waals surface area contributed by atoms with Crippen LogP contribution in [0.3, 0.4) is 0 Å². The molecule has 1 aliphatic rings. The second kappa shape index (κ2) is 8.30. The van der Waals surface area contributed by atoms with Gasteiger partial charge in [0, 0.05) is 17.4 Å². The van der Waals surface area contributed by atoms with Crippen LogP contribution in [0.2, 0.25) is 15.1 Å². The summed E-state index contributed by atoms with van der Waals surface area (Å²) >= 11 is 17.9. The summed E-state index contributed by atoms with van der Waals surface area (Å²) in [7, 11) is 0. The number of rotatable bonds is 3. The van der Waals surface area contributed by atoms with Gasteiger partial charge in [-0.05, 0) is 48.5 Å². The zero-order valence-corrected chi connectivity index (χ0v) is 17.8. The maximum absolute atomic E-state index is 13.7. The number of Topliss-reactive ketones (excluding diaryl/α,β-unsaturated/α-hetero) is 1. The summed E-state index contributed by atoms with van der Waals surface area (Å²) < 4.78 is 13.7. The maximum atomic E-state index is 13.7. The van der Waals surface area contributed by atoms with E-state index in [1.54, 1.807) is 18.2 Å². The van der Waals surface area contributed by atoms with Crippen molar-refractivity contribution in [1.82, 2.24) is 4.98 Å². The molecule has 1 fully saturated rings. The molecule has 1 atom stereocenters. The predicted octanol–water partition coefficient (Wildman–Crippen LogP) is 5.81. The normalized spacial score (nSPS) is 17.9. The molecule has 0 radical (unpaired) electrons. The van der Waals surface area contributed by atoms with Gasteiger partial charge in [0.15, 0.2) is 0 Å². The second-order valence-corrected chi connectivity index (χ2v) is 7.87. The number of aromatic nitrogens is 1. The Kier molecular flexibility index (Phi) is 5.71. The minimum atomic E-state index is -1.07. The molecular formula is C22H12Cl3FN2O3. The molecule has 0 aliphatic carbocycles. The number of aliphatic hydroxyl groups excluding tert-OH is 1. The molecule has 2 heterocycles. The van der Waals surface area contributed by atoms with Crippen molar-refractivity contribution in [3.63, 3.8) is 0 Å². The van der Waals surface area contributed by atoms with Gasteiger partial charge < -0.3 is 5.11 Å². The van der Waals surface area contributed by atoms with Crippen LogP contribution in [-0.2, 0) is 9.59 Å². The van der Waals surface area contributed by atoms with Crippen LogP contribution in [0.25, 0.3) is 5.76 Å². The smallest absolute Gasteiger partial charge is 0.300 e. The van der Waals surface area contributed by atoms with Crippen molar-refractivity contribution in [2.45, 2.75) is 6.04 Å². The molecule has 4 rings (SSSR count). The van der Waals surface area contributed by atoms with E-state index in [-0.39, 0.29) is 31.9 Å². The van der Waals surface area contributed by atoms with Gasteiger partial charge in [0.05, 0.1) is 26.3 Å². The highest BCUT2D eigenvalue weighted by atomic mass is 35.5. The summed E-state index contributed by atoms with van der Waals surface area (Å²) in [5.74, 6) is -2.96. The summed E-state index contributed by atoms with van der Waals surface area (Å²) in [5.41, 5.74) is 0.508. The molecule has 2 aromatic carbocycles. The molecule has 1 saturated heterocycles. The van der Waals surface area contributed by atoms with Crippen LogP contribution in [0, 0.1) is 5.82 Å². The standard InChI is InChI=1S/C22H12Cl3FN2O3/c23-13-6-4-11(9-14(13)24)20(29)18-19(17-3-1-2-8-27-17)28(22(31)21(18)30)12-5-7-16(26)15(25)10-12/h1-10,19,29H/b20-18+. The number of carbonyl (C=O) groups excluding carboxylic acids is 2. The minimum absolute atomic E-state index is 0.166. The third kappa shape index (κ3) is 3.78. The topological polar surface area (TPSA) is 70.5 Å². The van der Waals surface area contributed by atoms with Gasteiger partial charge in [-0.25, -0.2) is 4.39 Å². The molecule has 5 nitrogen and oxygen atoms in total. The molecule has 0 spiro atoms. The van der Waals surface area contributed by atoms with E-state index >= 15 is 0 Å². The van der Waals surface area contributed by atoms with Crippen molar-refractivity contribution in [2.75, 3.05) is 4.90 Å². The summed E-state index contributed by atoms with van der Waals surface area (Å²) in [6.07, 6.45) is 1.49. The van der Waals surface area contributed by atoms with E-state index in [2.05, 4.69) is 4.98 Å². The summed E-state index contributed by atoms with van der Waals surface area (Å²) in [5, 5.41) is 11.2. The lowest BCUT2D eigenvalue weighted by atomic mass is 9.98. The molecule has 9 heteroatoms. The van der Waals surface area contributed by atoms with Crippen LogP contribution in [0.4, 0.5) is 10.1 Å². The van der Waals surface area contributed by atoms with Crippen molar-refractivity contribution in [3.05, 3.63) is 98.5 Å². The van der Waals surface area contributed by atoms with Crippen LogP contribution in [0.15, 0.2) is 66.4 Å². The first-order valence-corrected chi connectivity index (χ1v) is 10.1. The number of pyridine rings is 1. The van der Waals surface area contributed by atoms with Gasteiger partial charge >= 0.3 is 0 Å². The molecule has 1 unspecified atom stereocenters. The number of nitrogens with zero attached hydrogens (tertiary/aromatic N) is 2. The number of ketones is 1. The van der Waals surface area contributed by atoms with Gasteiger partial charge in [-0.1, -0.05) is 40.9 Å². The summed E-state index contributed by atoms with van der Waals surface area (Å²) in [6.45, 7) is 0. The average molecular weight is 478 g/mol. The number of hydrogen-bond donors (Lipinski definition) is 1. The van der Waals surface area contributed by atoms with Crippen LogP contribution in [-0.4, -0.2) is 21.8 Å². The number of aliphatic hydroxyl groups is 1. The number of amides is 1. The molecule has 31 heavy (non-hydrogen) atoms. The number of carbonyl (C=O) groups is 2. The van der Waals surface area contributed by atoms with Crippen molar-refractivity contribution in [3.8, 4) is 0 Å². The van der Waals surface area contributed by atoms with Gasteiger partial charge in [-0.3, -0.25) is 19.5 Å². The number of benzene rings is 2. The van der Waals surface area contributed by atoms with E-state index < -0.39 is 29.3 Å². The highest BCUT2D eigenvalue weighted by Gasteiger charge is 2.47. The van der Waals surface area contributed by atoms with Crippen molar-refractivity contribution >= 4 is 57.9 Å². The van der Waals surface area contributed by atoms with E-state index in [9.17, 15) is 19.1 Å². The molecule has 156 valence electrons. The fraction of sp³-hybridized carbons (Fsp3) is 0.0455. The summed E-state index contributed by atoms with van der Waals surface area (Å²) in [4.78, 5) is 31.3. The van der Waals surface area contributed by atoms with Gasteiger partial charge in [0.1, 0.15) is 17.6 Å². The van der Waals surface area contributed by atoms with E-state index in [4.69, 9.17) is 34.8 Å². The largest absolute Gasteiger partial charge is 0.507 e. The molecule has 0 saturated carbocycles. The lowest BCUT2D eigenvalue weighted by Crippen LogP contribution is -2.29. The van der Waals surface area contributed by atoms with Crippen LogP contribution >= 0.6 is 34.8 Å². The fourth-order valence-electron chi connectivity index (χ4n) is 3.35. The Morgan fingerprint density at radius 2 is 1.74 bits per heavy atom. The van der Waals surface area contributed by atoms with Gasteiger partial charge in [-0.2, -0.15) is 0 Å². The molecule has 1 aliphatic heterocycles.